The van der Waals surface area contributed by atoms with E-state index >= 15 is 0 Å². The van der Waals surface area contributed by atoms with Gasteiger partial charge in [-0.15, -0.1) is 11.3 Å². The average molecular weight is 406 g/mol. The van der Waals surface area contributed by atoms with E-state index in [1.807, 2.05) is 29.0 Å². The maximum Gasteiger partial charge on any atom is 0.234 e. The fourth-order valence-electron chi connectivity index (χ4n) is 2.64. The molecule has 26 heavy (non-hydrogen) atoms. The van der Waals surface area contributed by atoms with Crippen LogP contribution in [0.3, 0.4) is 0 Å². The van der Waals surface area contributed by atoms with Gasteiger partial charge in [-0.2, -0.15) is 0 Å². The molecule has 9 heteroatoms. The summed E-state index contributed by atoms with van der Waals surface area (Å²) in [5, 5.41) is 6.73. The molecule has 0 atom stereocenters. The Labute approximate surface area is 163 Å². The lowest BCUT2D eigenvalue weighted by atomic mass is 10.3. The molecule has 1 aromatic carbocycles. The van der Waals surface area contributed by atoms with Crippen LogP contribution in [0.1, 0.15) is 5.69 Å². The number of nitrogens with zero attached hydrogens (tertiary/aromatic N) is 4. The zero-order valence-electron chi connectivity index (χ0n) is 13.8. The lowest BCUT2D eigenvalue weighted by Crippen LogP contribution is -1.94. The molecule has 0 aliphatic rings. The summed E-state index contributed by atoms with van der Waals surface area (Å²) in [6.07, 6.45) is 3.63. The number of aromatic nitrogens is 4. The van der Waals surface area contributed by atoms with Crippen molar-refractivity contribution in [1.82, 2.24) is 19.4 Å². The molecule has 0 spiro atoms. The van der Waals surface area contributed by atoms with Crippen LogP contribution in [0.4, 0.5) is 10.8 Å². The molecule has 3 heterocycles. The van der Waals surface area contributed by atoms with Gasteiger partial charge in [-0.1, -0.05) is 23.2 Å². The molecule has 3 aromatic heterocycles. The Hall–Kier alpha value is -2.35. The lowest BCUT2D eigenvalue weighted by Gasteiger charge is -2.10. The third-order valence-corrected chi connectivity index (χ3v) is 5.16. The smallest absolute Gasteiger partial charge is 0.234 e. The first kappa shape index (κ1) is 17.1. The van der Waals surface area contributed by atoms with E-state index in [9.17, 15) is 0 Å². The van der Waals surface area contributed by atoms with E-state index in [1.54, 1.807) is 25.4 Å². The maximum atomic E-state index is 6.30. The van der Waals surface area contributed by atoms with Gasteiger partial charge in [0.05, 0.1) is 34.2 Å². The van der Waals surface area contributed by atoms with Crippen molar-refractivity contribution >= 4 is 51.1 Å². The number of thiazole rings is 1. The van der Waals surface area contributed by atoms with Crippen LogP contribution in [-0.4, -0.2) is 26.5 Å². The molecule has 132 valence electrons. The summed E-state index contributed by atoms with van der Waals surface area (Å²) in [5.41, 5.74) is 3.16. The number of halogens is 2. The van der Waals surface area contributed by atoms with Crippen LogP contribution in [0.2, 0.25) is 10.0 Å². The van der Waals surface area contributed by atoms with Crippen LogP contribution >= 0.6 is 34.5 Å². The number of methoxy groups -OCH3 is 1. The summed E-state index contributed by atoms with van der Waals surface area (Å²) in [7, 11) is 1.56. The molecule has 0 aliphatic carbocycles. The molecule has 4 aromatic rings. The summed E-state index contributed by atoms with van der Waals surface area (Å²) in [5.74, 6) is 1.24. The Morgan fingerprint density at radius 2 is 1.96 bits per heavy atom. The molecule has 1 N–H and O–H groups in total. The highest BCUT2D eigenvalue weighted by Crippen LogP contribution is 2.38. The first-order valence-electron chi connectivity index (χ1n) is 7.62. The average Bonchev–Trinajstić information content (AvgIpc) is 3.20. The first-order chi connectivity index (χ1) is 12.6. The SMILES string of the molecule is COc1cc(Cl)c(Nc2nc(-c3c(C)nc4ncccn34)cs2)c(Cl)c1. The van der Waals surface area contributed by atoms with E-state index in [0.29, 0.717) is 32.4 Å². The molecular weight excluding hydrogens is 393 g/mol. The lowest BCUT2D eigenvalue weighted by molar-refractivity contribution is 0.415. The van der Waals surface area contributed by atoms with Gasteiger partial charge in [0, 0.05) is 29.9 Å². The van der Waals surface area contributed by atoms with Gasteiger partial charge in [0.2, 0.25) is 5.78 Å². The molecule has 0 saturated heterocycles. The van der Waals surface area contributed by atoms with E-state index in [0.717, 1.165) is 17.1 Å². The predicted molar refractivity (Wildman–Crippen MR) is 105 cm³/mol. The van der Waals surface area contributed by atoms with E-state index in [2.05, 4.69) is 20.3 Å². The van der Waals surface area contributed by atoms with E-state index in [4.69, 9.17) is 27.9 Å². The number of anilines is 2. The summed E-state index contributed by atoms with van der Waals surface area (Å²) >= 11 is 14.1. The molecule has 0 aliphatic heterocycles. The minimum Gasteiger partial charge on any atom is -0.497 e. The van der Waals surface area contributed by atoms with Crippen molar-refractivity contribution < 1.29 is 4.74 Å². The van der Waals surface area contributed by atoms with Gasteiger partial charge < -0.3 is 10.1 Å². The van der Waals surface area contributed by atoms with Gasteiger partial charge in [0.25, 0.3) is 0 Å². The van der Waals surface area contributed by atoms with Crippen LogP contribution < -0.4 is 10.1 Å². The fraction of sp³-hybridized carbons (Fsp3) is 0.118. The van der Waals surface area contributed by atoms with Crippen molar-refractivity contribution in [3.8, 4) is 17.1 Å². The van der Waals surface area contributed by atoms with Crippen molar-refractivity contribution in [3.05, 3.63) is 51.7 Å². The Kier molecular flexibility index (Phi) is 4.44. The number of ether oxygens (including phenoxy) is 1. The molecule has 6 nitrogen and oxygen atoms in total. The number of benzene rings is 1. The molecule has 0 radical (unpaired) electrons. The zero-order chi connectivity index (χ0) is 18.3. The number of fused-ring (bicyclic) bond motifs is 1. The van der Waals surface area contributed by atoms with Gasteiger partial charge in [0.15, 0.2) is 5.13 Å². The largest absolute Gasteiger partial charge is 0.497 e. The van der Waals surface area contributed by atoms with Gasteiger partial charge in [-0.3, -0.25) is 4.40 Å². The zero-order valence-corrected chi connectivity index (χ0v) is 16.2. The normalized spacial score (nSPS) is 11.1. The summed E-state index contributed by atoms with van der Waals surface area (Å²) in [6, 6.07) is 5.26. The molecular formula is C17H13Cl2N5OS. The van der Waals surface area contributed by atoms with Crippen LogP contribution in [0.15, 0.2) is 36.0 Å². The highest BCUT2D eigenvalue weighted by molar-refractivity contribution is 7.14. The van der Waals surface area contributed by atoms with Crippen LogP contribution in [0.25, 0.3) is 17.2 Å². The van der Waals surface area contributed by atoms with Gasteiger partial charge in [-0.25, -0.2) is 15.0 Å². The Balaban J connectivity index is 1.70. The summed E-state index contributed by atoms with van der Waals surface area (Å²) in [6.45, 7) is 1.94. The molecule has 0 bridgehead atoms. The van der Waals surface area contributed by atoms with Crippen LogP contribution in [-0.2, 0) is 0 Å². The minimum atomic E-state index is 0.460. The highest BCUT2D eigenvalue weighted by Gasteiger charge is 2.16. The number of nitrogens with one attached hydrogen (secondary N) is 1. The van der Waals surface area contributed by atoms with Gasteiger partial charge in [-0.05, 0) is 13.0 Å². The van der Waals surface area contributed by atoms with E-state index in [-0.39, 0.29) is 0 Å². The molecule has 0 fully saturated rings. The van der Waals surface area contributed by atoms with E-state index < -0.39 is 0 Å². The standard InChI is InChI=1S/C17H13Cl2N5OS/c1-9-15(24-5-3-4-20-16(24)21-9)13-8-26-17(22-13)23-14-11(18)6-10(25-2)7-12(14)19/h3-8H,1-2H3,(H,22,23). The third-order valence-electron chi connectivity index (χ3n) is 3.81. The second-order valence-corrected chi connectivity index (χ2v) is 7.14. The molecule has 0 saturated carbocycles. The number of rotatable bonds is 4. The first-order valence-corrected chi connectivity index (χ1v) is 9.26. The van der Waals surface area contributed by atoms with Crippen molar-refractivity contribution in [3.63, 3.8) is 0 Å². The number of imidazole rings is 1. The fourth-order valence-corrected chi connectivity index (χ4v) is 3.90. The molecule has 0 amide bonds. The minimum absolute atomic E-state index is 0.460. The quantitative estimate of drug-likeness (QED) is 0.504. The highest BCUT2D eigenvalue weighted by atomic mass is 35.5. The Bertz CT molecular complexity index is 1080. The number of hydrogen-bond donors (Lipinski definition) is 1. The van der Waals surface area contributed by atoms with Crippen LogP contribution in [0, 0.1) is 6.92 Å². The maximum absolute atomic E-state index is 6.30. The summed E-state index contributed by atoms with van der Waals surface area (Å²) in [4.78, 5) is 13.4. The monoisotopic (exact) mass is 405 g/mol. The van der Waals surface area contributed by atoms with Gasteiger partial charge >= 0.3 is 0 Å². The van der Waals surface area contributed by atoms with Crippen molar-refractivity contribution in [2.24, 2.45) is 0 Å². The number of aryl methyl sites for hydroxylation is 1. The molecule has 0 unspecified atom stereocenters. The Morgan fingerprint density at radius 1 is 1.19 bits per heavy atom. The predicted octanol–water partition coefficient (Wildman–Crippen LogP) is 5.22. The second-order valence-electron chi connectivity index (χ2n) is 5.46. The molecule has 4 rings (SSSR count). The summed E-state index contributed by atoms with van der Waals surface area (Å²) < 4.78 is 7.08. The van der Waals surface area contributed by atoms with Crippen molar-refractivity contribution in [2.45, 2.75) is 6.92 Å². The van der Waals surface area contributed by atoms with Crippen LogP contribution in [0.5, 0.6) is 5.75 Å². The Morgan fingerprint density at radius 3 is 2.69 bits per heavy atom. The van der Waals surface area contributed by atoms with Gasteiger partial charge in [0.1, 0.15) is 11.4 Å². The topological polar surface area (TPSA) is 64.3 Å². The number of hydrogen-bond acceptors (Lipinski definition) is 6. The second kappa shape index (κ2) is 6.75. The van der Waals surface area contributed by atoms with Crippen molar-refractivity contribution in [2.75, 3.05) is 12.4 Å². The third kappa shape index (κ3) is 2.98. The van der Waals surface area contributed by atoms with Crippen molar-refractivity contribution in [1.29, 1.82) is 0 Å². The van der Waals surface area contributed by atoms with E-state index in [1.165, 1.54) is 11.3 Å².